The number of hydrogen-bond acceptors (Lipinski definition) is 6. The van der Waals surface area contributed by atoms with Crippen molar-refractivity contribution >= 4 is 23.6 Å². The van der Waals surface area contributed by atoms with Gasteiger partial charge in [0.05, 0.1) is 26.3 Å². The smallest absolute Gasteiger partial charge is 0.269 e. The Kier molecular flexibility index (Phi) is 7.07. The normalized spacial score (nSPS) is 16.8. The van der Waals surface area contributed by atoms with Crippen LogP contribution in [0.1, 0.15) is 36.8 Å². The van der Waals surface area contributed by atoms with Gasteiger partial charge in [0.1, 0.15) is 0 Å². The maximum Gasteiger partial charge on any atom is 0.269 e. The Morgan fingerprint density at radius 1 is 0.839 bits per heavy atom. The molecule has 0 unspecified atom stereocenters. The molecule has 0 spiro atoms. The SMILES string of the molecule is COc1cc(/C=C2\CCCC/C(=C\c3ccc([N+](=O)[O-])cc3)C2=O)cc(OC)c1OC. The van der Waals surface area contributed by atoms with Gasteiger partial charge in [-0.05, 0) is 73.2 Å². The lowest BCUT2D eigenvalue weighted by Crippen LogP contribution is -2.04. The van der Waals surface area contributed by atoms with Crippen LogP contribution in [-0.4, -0.2) is 32.0 Å². The molecule has 2 aromatic rings. The predicted molar refractivity (Wildman–Crippen MR) is 119 cm³/mol. The molecule has 162 valence electrons. The van der Waals surface area contributed by atoms with E-state index in [1.54, 1.807) is 33.5 Å². The Labute approximate surface area is 181 Å². The summed E-state index contributed by atoms with van der Waals surface area (Å²) >= 11 is 0. The number of ether oxygens (including phenoxy) is 3. The highest BCUT2D eigenvalue weighted by Gasteiger charge is 2.20. The van der Waals surface area contributed by atoms with Crippen molar-refractivity contribution in [3.63, 3.8) is 0 Å². The number of nitro benzene ring substituents is 1. The minimum Gasteiger partial charge on any atom is -0.493 e. The van der Waals surface area contributed by atoms with Crippen molar-refractivity contribution < 1.29 is 23.9 Å². The third kappa shape index (κ3) is 5.12. The van der Waals surface area contributed by atoms with Crippen LogP contribution in [0, 0.1) is 10.1 Å². The van der Waals surface area contributed by atoms with Crippen molar-refractivity contribution in [2.24, 2.45) is 0 Å². The molecule has 0 N–H and O–H groups in total. The van der Waals surface area contributed by atoms with Crippen LogP contribution in [0.4, 0.5) is 5.69 Å². The number of nitrogens with zero attached hydrogens (tertiary/aromatic N) is 1. The van der Waals surface area contributed by atoms with Crippen LogP contribution in [0.2, 0.25) is 0 Å². The van der Waals surface area contributed by atoms with Crippen molar-refractivity contribution in [3.8, 4) is 17.2 Å². The zero-order chi connectivity index (χ0) is 22.4. The first kappa shape index (κ1) is 22.1. The van der Waals surface area contributed by atoms with Crippen LogP contribution in [0.5, 0.6) is 17.2 Å². The third-order valence-electron chi connectivity index (χ3n) is 5.20. The fraction of sp³-hybridized carbons (Fsp3) is 0.292. The van der Waals surface area contributed by atoms with Gasteiger partial charge < -0.3 is 14.2 Å². The predicted octanol–water partition coefficient (Wildman–Crippen LogP) is 5.23. The number of hydrogen-bond donors (Lipinski definition) is 0. The van der Waals surface area contributed by atoms with Crippen molar-refractivity contribution in [2.45, 2.75) is 25.7 Å². The van der Waals surface area contributed by atoms with Gasteiger partial charge in [-0.25, -0.2) is 0 Å². The molecule has 0 aliphatic heterocycles. The molecule has 0 amide bonds. The number of nitro groups is 1. The molecule has 0 heterocycles. The van der Waals surface area contributed by atoms with E-state index in [1.165, 1.54) is 12.1 Å². The molecule has 1 aliphatic rings. The van der Waals surface area contributed by atoms with E-state index in [4.69, 9.17) is 14.2 Å². The van der Waals surface area contributed by atoms with Crippen molar-refractivity contribution in [2.75, 3.05) is 21.3 Å². The molecule has 1 fully saturated rings. The van der Waals surface area contributed by atoms with E-state index in [0.29, 0.717) is 41.2 Å². The van der Waals surface area contributed by atoms with E-state index in [0.717, 1.165) is 24.0 Å². The van der Waals surface area contributed by atoms with E-state index in [2.05, 4.69) is 0 Å². The zero-order valence-corrected chi connectivity index (χ0v) is 17.8. The van der Waals surface area contributed by atoms with Gasteiger partial charge in [0.15, 0.2) is 17.3 Å². The molecule has 3 rings (SSSR count). The average molecular weight is 423 g/mol. The van der Waals surface area contributed by atoms with Crippen molar-refractivity contribution in [1.29, 1.82) is 0 Å². The minimum atomic E-state index is -0.439. The number of allylic oxidation sites excluding steroid dienone is 2. The second-order valence-electron chi connectivity index (χ2n) is 7.18. The fourth-order valence-electron chi connectivity index (χ4n) is 3.62. The summed E-state index contributed by atoms with van der Waals surface area (Å²) in [6.07, 6.45) is 6.83. The van der Waals surface area contributed by atoms with Crippen LogP contribution >= 0.6 is 0 Å². The highest BCUT2D eigenvalue weighted by molar-refractivity contribution is 6.13. The van der Waals surface area contributed by atoms with Gasteiger partial charge in [0.25, 0.3) is 5.69 Å². The van der Waals surface area contributed by atoms with E-state index in [-0.39, 0.29) is 11.5 Å². The van der Waals surface area contributed by atoms with Gasteiger partial charge in [-0.3, -0.25) is 14.9 Å². The summed E-state index contributed by atoms with van der Waals surface area (Å²) in [4.78, 5) is 23.6. The molecule has 7 heteroatoms. The third-order valence-corrected chi connectivity index (χ3v) is 5.20. The number of carbonyl (C=O) groups is 1. The molecule has 0 aromatic heterocycles. The van der Waals surface area contributed by atoms with Gasteiger partial charge in [0.2, 0.25) is 5.75 Å². The van der Waals surface area contributed by atoms with Crippen molar-refractivity contribution in [3.05, 3.63) is 68.8 Å². The molecule has 1 aliphatic carbocycles. The van der Waals surface area contributed by atoms with Crippen LogP contribution in [0.3, 0.4) is 0 Å². The fourth-order valence-corrected chi connectivity index (χ4v) is 3.62. The molecular weight excluding hydrogens is 398 g/mol. The standard InChI is InChI=1S/C24H25NO6/c1-29-21-14-17(15-22(30-2)24(21)31-3)13-19-7-5-4-6-18(23(19)26)12-16-8-10-20(11-9-16)25(27)28/h8-15H,4-7H2,1-3H3/b18-12+,19-13+. The monoisotopic (exact) mass is 423 g/mol. The summed E-state index contributed by atoms with van der Waals surface area (Å²) in [7, 11) is 4.65. The number of non-ortho nitro benzene ring substituents is 1. The molecule has 0 radical (unpaired) electrons. The van der Waals surface area contributed by atoms with Gasteiger partial charge in [-0.2, -0.15) is 0 Å². The second-order valence-corrected chi connectivity index (χ2v) is 7.18. The second kappa shape index (κ2) is 9.93. The molecule has 0 saturated heterocycles. The summed E-state index contributed by atoms with van der Waals surface area (Å²) in [5.74, 6) is 1.54. The summed E-state index contributed by atoms with van der Waals surface area (Å²) in [6.45, 7) is 0. The molecule has 1 saturated carbocycles. The average Bonchev–Trinajstić information content (AvgIpc) is 2.95. The molecular formula is C24H25NO6. The highest BCUT2D eigenvalue weighted by Crippen LogP contribution is 2.39. The van der Waals surface area contributed by atoms with Gasteiger partial charge in [-0.15, -0.1) is 0 Å². The Balaban J connectivity index is 1.95. The first-order chi connectivity index (χ1) is 15.0. The molecule has 31 heavy (non-hydrogen) atoms. The Morgan fingerprint density at radius 3 is 1.81 bits per heavy atom. The van der Waals surface area contributed by atoms with Gasteiger partial charge >= 0.3 is 0 Å². The van der Waals surface area contributed by atoms with E-state index < -0.39 is 4.92 Å². The summed E-state index contributed by atoms with van der Waals surface area (Å²) in [5, 5.41) is 10.9. The molecule has 0 atom stereocenters. The van der Waals surface area contributed by atoms with E-state index in [1.807, 2.05) is 24.3 Å². The van der Waals surface area contributed by atoms with Crippen LogP contribution in [-0.2, 0) is 4.79 Å². The number of methoxy groups -OCH3 is 3. The zero-order valence-electron chi connectivity index (χ0n) is 17.8. The Bertz CT molecular complexity index is 1010. The van der Waals surface area contributed by atoms with Crippen LogP contribution in [0.15, 0.2) is 47.5 Å². The lowest BCUT2D eigenvalue weighted by molar-refractivity contribution is -0.384. The quantitative estimate of drug-likeness (QED) is 0.274. The Hall–Kier alpha value is -3.61. The maximum absolute atomic E-state index is 13.2. The molecule has 7 nitrogen and oxygen atoms in total. The number of ketones is 1. The number of rotatable bonds is 6. The lowest BCUT2D eigenvalue weighted by atomic mass is 9.97. The van der Waals surface area contributed by atoms with Crippen molar-refractivity contribution in [1.82, 2.24) is 0 Å². The largest absolute Gasteiger partial charge is 0.493 e. The van der Waals surface area contributed by atoms with E-state index >= 15 is 0 Å². The Morgan fingerprint density at radius 2 is 1.35 bits per heavy atom. The lowest BCUT2D eigenvalue weighted by Gasteiger charge is -2.13. The maximum atomic E-state index is 13.2. The number of carbonyl (C=O) groups excluding carboxylic acids is 1. The van der Waals surface area contributed by atoms with Crippen LogP contribution < -0.4 is 14.2 Å². The van der Waals surface area contributed by atoms with Gasteiger partial charge in [0, 0.05) is 23.3 Å². The molecule has 0 bridgehead atoms. The molecule has 2 aromatic carbocycles. The number of benzene rings is 2. The van der Waals surface area contributed by atoms with Crippen LogP contribution in [0.25, 0.3) is 12.2 Å². The summed E-state index contributed by atoms with van der Waals surface area (Å²) in [6, 6.07) is 9.83. The summed E-state index contributed by atoms with van der Waals surface area (Å²) < 4.78 is 16.2. The van der Waals surface area contributed by atoms with E-state index in [9.17, 15) is 14.9 Å². The first-order valence-corrected chi connectivity index (χ1v) is 9.97. The minimum absolute atomic E-state index is 0.00963. The summed E-state index contributed by atoms with van der Waals surface area (Å²) in [5.41, 5.74) is 2.99. The highest BCUT2D eigenvalue weighted by atomic mass is 16.6. The number of Topliss-reactive ketones (excluding diaryl/α,β-unsaturated/α-hetero) is 1. The first-order valence-electron chi connectivity index (χ1n) is 9.97. The topological polar surface area (TPSA) is 87.9 Å². The van der Waals surface area contributed by atoms with Gasteiger partial charge in [-0.1, -0.05) is 0 Å².